The lowest BCUT2D eigenvalue weighted by atomic mass is 10.2. The zero-order valence-corrected chi connectivity index (χ0v) is 12.0. The Kier molecular flexibility index (Phi) is 4.36. The predicted octanol–water partition coefficient (Wildman–Crippen LogP) is 1.10. The highest BCUT2D eigenvalue weighted by molar-refractivity contribution is 7.11. The van der Waals surface area contributed by atoms with Gasteiger partial charge in [0.1, 0.15) is 10.6 Å². The maximum Gasteiger partial charge on any atom is 0.257 e. The fraction of sp³-hybridized carbons (Fsp3) is 0.250. The first kappa shape index (κ1) is 14.1. The molecule has 0 atom stereocenters. The van der Waals surface area contributed by atoms with Crippen LogP contribution in [0, 0.1) is 0 Å². The van der Waals surface area contributed by atoms with Gasteiger partial charge >= 0.3 is 0 Å². The molecule has 8 heteroatoms. The Balaban J connectivity index is 2.17. The number of hydrogen-bond donors (Lipinski definition) is 3. The van der Waals surface area contributed by atoms with E-state index in [1.807, 2.05) is 12.1 Å². The summed E-state index contributed by atoms with van der Waals surface area (Å²) in [5.74, 6) is 0.492. The topological polar surface area (TPSA) is 102 Å². The number of nitrogens with one attached hydrogen (secondary N) is 2. The van der Waals surface area contributed by atoms with E-state index in [9.17, 15) is 4.79 Å². The number of carbonyl (C=O) groups is 1. The summed E-state index contributed by atoms with van der Waals surface area (Å²) in [6.45, 7) is 0.461. The second-order valence-electron chi connectivity index (χ2n) is 3.88. The molecular weight excluding hydrogens is 278 g/mol. The number of hydrogen-bond acceptors (Lipinski definition) is 7. The first-order valence-corrected chi connectivity index (χ1v) is 6.63. The molecule has 0 aromatic carbocycles. The molecular formula is C12H15N5O2S. The van der Waals surface area contributed by atoms with Gasteiger partial charge in [-0.05, 0) is 17.6 Å². The van der Waals surface area contributed by atoms with Crippen LogP contribution in [0.4, 0.5) is 10.8 Å². The number of amides is 1. The summed E-state index contributed by atoms with van der Waals surface area (Å²) in [5, 5.41) is 6.29. The van der Waals surface area contributed by atoms with E-state index in [1.165, 1.54) is 0 Å². The summed E-state index contributed by atoms with van der Waals surface area (Å²) in [7, 11) is 3.11. The summed E-state index contributed by atoms with van der Waals surface area (Å²) >= 11 is 1.14. The fourth-order valence-electron chi connectivity index (χ4n) is 1.69. The van der Waals surface area contributed by atoms with Gasteiger partial charge in [-0.1, -0.05) is 6.07 Å². The molecule has 2 rings (SSSR count). The SMILES string of the molecule is CNC(=O)c1c(N)nsc1NCc1cccnc1OC. The number of pyridine rings is 1. The number of nitrogen functional groups attached to an aromatic ring is 1. The Labute approximate surface area is 120 Å². The van der Waals surface area contributed by atoms with Gasteiger partial charge in [-0.2, -0.15) is 4.37 Å². The van der Waals surface area contributed by atoms with E-state index in [0.717, 1.165) is 17.1 Å². The van der Waals surface area contributed by atoms with Crippen molar-refractivity contribution in [3.63, 3.8) is 0 Å². The summed E-state index contributed by atoms with van der Waals surface area (Å²) in [6.07, 6.45) is 1.66. The van der Waals surface area contributed by atoms with E-state index in [2.05, 4.69) is 20.0 Å². The molecule has 20 heavy (non-hydrogen) atoms. The normalized spacial score (nSPS) is 10.1. The third-order valence-corrected chi connectivity index (χ3v) is 3.47. The van der Waals surface area contributed by atoms with Crippen molar-refractivity contribution in [2.45, 2.75) is 6.54 Å². The predicted molar refractivity (Wildman–Crippen MR) is 78.0 cm³/mol. The number of anilines is 2. The molecule has 0 aliphatic rings. The van der Waals surface area contributed by atoms with E-state index >= 15 is 0 Å². The summed E-state index contributed by atoms with van der Waals surface area (Å²) in [6, 6.07) is 3.71. The van der Waals surface area contributed by atoms with Crippen LogP contribution in [0.2, 0.25) is 0 Å². The Bertz CT molecular complexity index is 614. The summed E-state index contributed by atoms with van der Waals surface area (Å²) in [5.41, 5.74) is 6.95. The molecule has 106 valence electrons. The lowest BCUT2D eigenvalue weighted by molar-refractivity contribution is 0.0965. The number of nitrogens with zero attached hydrogens (tertiary/aromatic N) is 2. The monoisotopic (exact) mass is 293 g/mol. The Morgan fingerprint density at radius 1 is 1.55 bits per heavy atom. The lowest BCUT2D eigenvalue weighted by Crippen LogP contribution is -2.20. The molecule has 2 heterocycles. The van der Waals surface area contributed by atoms with E-state index in [4.69, 9.17) is 10.5 Å². The maximum absolute atomic E-state index is 11.7. The van der Waals surface area contributed by atoms with Crippen molar-refractivity contribution in [3.8, 4) is 5.88 Å². The Morgan fingerprint density at radius 2 is 2.35 bits per heavy atom. The quantitative estimate of drug-likeness (QED) is 0.763. The Hall–Kier alpha value is -2.35. The van der Waals surface area contributed by atoms with Crippen LogP contribution < -0.4 is 21.1 Å². The standard InChI is InChI=1S/C12H15N5O2S/c1-14-10(18)8-9(13)17-20-12(8)16-6-7-4-3-5-15-11(7)19-2/h3-5,16H,6H2,1-2H3,(H2,13,17)(H,14,18). The van der Waals surface area contributed by atoms with Gasteiger partial charge in [0, 0.05) is 25.4 Å². The molecule has 0 aliphatic carbocycles. The second-order valence-corrected chi connectivity index (χ2v) is 4.65. The van der Waals surface area contributed by atoms with Crippen LogP contribution in [-0.4, -0.2) is 29.4 Å². The van der Waals surface area contributed by atoms with Crippen LogP contribution in [0.15, 0.2) is 18.3 Å². The largest absolute Gasteiger partial charge is 0.481 e. The lowest BCUT2D eigenvalue weighted by Gasteiger charge is -2.09. The number of methoxy groups -OCH3 is 1. The highest BCUT2D eigenvalue weighted by atomic mass is 32.1. The van der Waals surface area contributed by atoms with Gasteiger partial charge in [0.25, 0.3) is 5.91 Å². The number of rotatable bonds is 5. The van der Waals surface area contributed by atoms with Crippen LogP contribution in [-0.2, 0) is 6.54 Å². The zero-order valence-electron chi connectivity index (χ0n) is 11.1. The van der Waals surface area contributed by atoms with Crippen molar-refractivity contribution in [1.29, 1.82) is 0 Å². The molecule has 0 spiro atoms. The molecule has 0 saturated heterocycles. The fourth-order valence-corrected chi connectivity index (χ4v) is 2.39. The average molecular weight is 293 g/mol. The van der Waals surface area contributed by atoms with Crippen LogP contribution in [0.1, 0.15) is 15.9 Å². The molecule has 1 amide bonds. The zero-order chi connectivity index (χ0) is 14.5. The van der Waals surface area contributed by atoms with Crippen molar-refractivity contribution in [1.82, 2.24) is 14.7 Å². The smallest absolute Gasteiger partial charge is 0.257 e. The summed E-state index contributed by atoms with van der Waals surface area (Å²) < 4.78 is 9.16. The first-order valence-electron chi connectivity index (χ1n) is 5.86. The van der Waals surface area contributed by atoms with E-state index < -0.39 is 0 Å². The molecule has 0 aliphatic heterocycles. The van der Waals surface area contributed by atoms with E-state index in [0.29, 0.717) is 23.0 Å². The van der Waals surface area contributed by atoms with E-state index in [1.54, 1.807) is 20.4 Å². The van der Waals surface area contributed by atoms with Crippen molar-refractivity contribution >= 4 is 28.3 Å². The first-order chi connectivity index (χ1) is 9.67. The minimum Gasteiger partial charge on any atom is -0.481 e. The van der Waals surface area contributed by atoms with Gasteiger partial charge in [-0.25, -0.2) is 4.98 Å². The molecule has 0 radical (unpaired) electrons. The van der Waals surface area contributed by atoms with Crippen LogP contribution in [0.3, 0.4) is 0 Å². The van der Waals surface area contributed by atoms with Gasteiger partial charge in [0.2, 0.25) is 5.88 Å². The average Bonchev–Trinajstić information content (AvgIpc) is 2.85. The molecule has 7 nitrogen and oxygen atoms in total. The molecule has 0 saturated carbocycles. The molecule has 2 aromatic rings. The van der Waals surface area contributed by atoms with Crippen LogP contribution in [0.5, 0.6) is 5.88 Å². The third kappa shape index (κ3) is 2.80. The molecule has 0 fully saturated rings. The van der Waals surface area contributed by atoms with E-state index in [-0.39, 0.29) is 11.7 Å². The minimum absolute atomic E-state index is 0.218. The number of ether oxygens (including phenoxy) is 1. The van der Waals surface area contributed by atoms with Crippen LogP contribution in [0.25, 0.3) is 0 Å². The van der Waals surface area contributed by atoms with Crippen molar-refractivity contribution < 1.29 is 9.53 Å². The molecule has 0 unspecified atom stereocenters. The Morgan fingerprint density at radius 3 is 3.05 bits per heavy atom. The van der Waals surface area contributed by atoms with Gasteiger partial charge < -0.3 is 21.1 Å². The molecule has 0 bridgehead atoms. The number of nitrogens with two attached hydrogens (primary N) is 1. The number of carbonyl (C=O) groups excluding carboxylic acids is 1. The minimum atomic E-state index is -0.267. The second kappa shape index (κ2) is 6.20. The third-order valence-electron chi connectivity index (χ3n) is 2.66. The molecule has 2 aromatic heterocycles. The maximum atomic E-state index is 11.7. The van der Waals surface area contributed by atoms with Crippen LogP contribution >= 0.6 is 11.5 Å². The van der Waals surface area contributed by atoms with Crippen molar-refractivity contribution in [2.24, 2.45) is 0 Å². The van der Waals surface area contributed by atoms with Gasteiger partial charge in [0.05, 0.1) is 7.11 Å². The number of aromatic nitrogens is 2. The molecule has 4 N–H and O–H groups in total. The van der Waals surface area contributed by atoms with Gasteiger partial charge in [-0.3, -0.25) is 4.79 Å². The van der Waals surface area contributed by atoms with Gasteiger partial charge in [0.15, 0.2) is 5.82 Å². The van der Waals surface area contributed by atoms with Crippen molar-refractivity contribution in [2.75, 3.05) is 25.2 Å². The highest BCUT2D eigenvalue weighted by Crippen LogP contribution is 2.27. The van der Waals surface area contributed by atoms with Crippen molar-refractivity contribution in [3.05, 3.63) is 29.5 Å². The van der Waals surface area contributed by atoms with Gasteiger partial charge in [-0.15, -0.1) is 0 Å². The summed E-state index contributed by atoms with van der Waals surface area (Å²) in [4.78, 5) is 15.9. The highest BCUT2D eigenvalue weighted by Gasteiger charge is 2.18.